The molecule has 8 heteroatoms. The number of hydrogen-bond donors (Lipinski definition) is 2. The first-order valence-electron chi connectivity index (χ1n) is 6.16. The molecule has 6 nitrogen and oxygen atoms in total. The summed E-state index contributed by atoms with van der Waals surface area (Å²) in [6.07, 6.45) is 5.48. The van der Waals surface area contributed by atoms with E-state index in [1.165, 1.54) is 0 Å². The quantitative estimate of drug-likeness (QED) is 0.374. The van der Waals surface area contributed by atoms with Crippen LogP contribution in [0, 0.1) is 13.8 Å². The summed E-state index contributed by atoms with van der Waals surface area (Å²) in [5, 5.41) is 4.01. The summed E-state index contributed by atoms with van der Waals surface area (Å²) in [5.41, 5.74) is 10.0. The Bertz CT molecular complexity index is 755. The zero-order chi connectivity index (χ0) is 15.6. The number of nitrogens with two attached hydrogens (primary N) is 1. The topological polar surface area (TPSA) is 76.3 Å². The van der Waals surface area contributed by atoms with Crippen LogP contribution in [0.5, 0.6) is 0 Å². The second-order valence-electron chi connectivity index (χ2n) is 4.65. The van der Waals surface area contributed by atoms with E-state index in [0.717, 1.165) is 33.2 Å². The Labute approximate surface area is 131 Å². The largest absolute Gasteiger partial charge is 0.392 e. The lowest BCUT2D eigenvalue weighted by molar-refractivity contribution is -0.602. The van der Waals surface area contributed by atoms with Gasteiger partial charge in [0.25, 0.3) is 0 Å². The van der Waals surface area contributed by atoms with E-state index in [-0.39, 0.29) is 9.99 Å². The molecule has 0 amide bonds. The van der Waals surface area contributed by atoms with Gasteiger partial charge >= 0.3 is 10.7 Å². The maximum Gasteiger partial charge on any atom is 0.392 e. The monoisotopic (exact) mass is 322 g/mol. The van der Waals surface area contributed by atoms with Crippen molar-refractivity contribution >= 4 is 34.9 Å². The van der Waals surface area contributed by atoms with Gasteiger partial charge in [0.2, 0.25) is 0 Å². The highest BCUT2D eigenvalue weighted by atomic mass is 32.1. The van der Waals surface area contributed by atoms with E-state index in [9.17, 15) is 4.79 Å². The van der Waals surface area contributed by atoms with Gasteiger partial charge in [-0.3, -0.25) is 5.43 Å². The second-order valence-corrected chi connectivity index (χ2v) is 6.08. The van der Waals surface area contributed by atoms with Crippen LogP contribution in [0.15, 0.2) is 28.4 Å². The first kappa shape index (κ1) is 15.3. The van der Waals surface area contributed by atoms with Gasteiger partial charge in [-0.05, 0) is 54.6 Å². The van der Waals surface area contributed by atoms with Crippen LogP contribution in [0.2, 0.25) is 0 Å². The molecular weight excluding hydrogens is 306 g/mol. The standard InChI is InChI=1S/C13H15N5OS2/c1-8-4-9(2)7-18(6-8)11-10(5-15-16-12(14)20)21-13(19)17(11)3/h4-7H,1-3H3,(H2-,14,16,20)/p+1. The Morgan fingerprint density at radius 2 is 2.10 bits per heavy atom. The molecule has 2 aromatic rings. The van der Waals surface area contributed by atoms with Crippen molar-refractivity contribution in [3.05, 3.63) is 44.1 Å². The Morgan fingerprint density at radius 1 is 1.48 bits per heavy atom. The summed E-state index contributed by atoms with van der Waals surface area (Å²) >= 11 is 5.80. The minimum Gasteiger partial charge on any atom is -0.375 e. The van der Waals surface area contributed by atoms with Crippen LogP contribution in [0.4, 0.5) is 0 Å². The van der Waals surface area contributed by atoms with Gasteiger partial charge in [0.15, 0.2) is 5.11 Å². The second kappa shape index (κ2) is 6.15. The first-order chi connectivity index (χ1) is 9.88. The zero-order valence-corrected chi connectivity index (χ0v) is 13.6. The minimum absolute atomic E-state index is 0.0616. The van der Waals surface area contributed by atoms with Crippen molar-refractivity contribution in [3.63, 3.8) is 0 Å². The normalized spacial score (nSPS) is 11.0. The van der Waals surface area contributed by atoms with Crippen LogP contribution in [0.25, 0.3) is 5.82 Å². The van der Waals surface area contributed by atoms with E-state index >= 15 is 0 Å². The van der Waals surface area contributed by atoms with Crippen LogP contribution < -0.4 is 20.6 Å². The molecule has 0 bridgehead atoms. The van der Waals surface area contributed by atoms with Gasteiger partial charge in [-0.1, -0.05) is 0 Å². The number of nitrogens with one attached hydrogen (secondary N) is 1. The number of aryl methyl sites for hydroxylation is 2. The average Bonchev–Trinajstić information content (AvgIpc) is 2.63. The van der Waals surface area contributed by atoms with Crippen LogP contribution >= 0.6 is 23.6 Å². The summed E-state index contributed by atoms with van der Waals surface area (Å²) in [4.78, 5) is 12.6. The molecule has 0 unspecified atom stereocenters. The van der Waals surface area contributed by atoms with E-state index in [4.69, 9.17) is 5.73 Å². The molecule has 2 heterocycles. The van der Waals surface area contributed by atoms with E-state index in [0.29, 0.717) is 0 Å². The molecule has 0 saturated heterocycles. The Balaban J connectivity index is 2.54. The van der Waals surface area contributed by atoms with Gasteiger partial charge in [0.1, 0.15) is 4.88 Å². The summed E-state index contributed by atoms with van der Waals surface area (Å²) < 4.78 is 3.51. The van der Waals surface area contributed by atoms with Crippen molar-refractivity contribution in [2.45, 2.75) is 13.8 Å². The van der Waals surface area contributed by atoms with E-state index < -0.39 is 0 Å². The van der Waals surface area contributed by atoms with Gasteiger partial charge in [0.05, 0.1) is 25.7 Å². The molecular formula is C13H16N5OS2+. The molecule has 21 heavy (non-hydrogen) atoms. The number of hydrogen-bond acceptors (Lipinski definition) is 4. The molecule has 0 aliphatic heterocycles. The lowest BCUT2D eigenvalue weighted by Gasteiger charge is -2.02. The third-order valence-corrected chi connectivity index (χ3v) is 3.80. The van der Waals surface area contributed by atoms with Gasteiger partial charge in [-0.2, -0.15) is 9.67 Å². The summed E-state index contributed by atoms with van der Waals surface area (Å²) in [7, 11) is 1.73. The fourth-order valence-electron chi connectivity index (χ4n) is 2.03. The Morgan fingerprint density at radius 3 is 2.67 bits per heavy atom. The Hall–Kier alpha value is -2.06. The number of thiazole rings is 1. The highest BCUT2D eigenvalue weighted by Gasteiger charge is 2.21. The maximum atomic E-state index is 11.9. The number of pyridine rings is 1. The molecule has 0 fully saturated rings. The molecule has 0 spiro atoms. The SMILES string of the molecule is Cc1cc(C)c[n+](-c2c(C=NNC(N)=S)sc(=O)n2C)c1. The number of aromatic nitrogens is 2. The van der Waals surface area contributed by atoms with Crippen molar-refractivity contribution in [3.8, 4) is 5.82 Å². The number of nitrogens with zero attached hydrogens (tertiary/aromatic N) is 3. The molecule has 0 radical (unpaired) electrons. The van der Waals surface area contributed by atoms with Crippen LogP contribution in [-0.4, -0.2) is 15.9 Å². The van der Waals surface area contributed by atoms with E-state index in [1.54, 1.807) is 17.8 Å². The smallest absolute Gasteiger partial charge is 0.375 e. The highest BCUT2D eigenvalue weighted by molar-refractivity contribution is 7.80. The molecule has 110 valence electrons. The summed E-state index contributed by atoms with van der Waals surface area (Å²) in [5.74, 6) is 0.755. The maximum absolute atomic E-state index is 11.9. The van der Waals surface area contributed by atoms with Gasteiger partial charge < -0.3 is 5.73 Å². The number of hydrazone groups is 1. The van der Waals surface area contributed by atoms with Gasteiger partial charge in [0, 0.05) is 0 Å². The molecule has 3 N–H and O–H groups in total. The third kappa shape index (κ3) is 3.53. The summed E-state index contributed by atoms with van der Waals surface area (Å²) in [6.45, 7) is 4.02. The molecule has 0 saturated carbocycles. The summed E-state index contributed by atoms with van der Waals surface area (Å²) in [6, 6.07) is 2.07. The molecule has 0 aliphatic rings. The number of rotatable bonds is 3. The Kier molecular flexibility index (Phi) is 4.49. The molecule has 2 aromatic heterocycles. The molecule has 0 atom stereocenters. The van der Waals surface area contributed by atoms with E-state index in [2.05, 4.69) is 28.8 Å². The predicted molar refractivity (Wildman–Crippen MR) is 88.1 cm³/mol. The minimum atomic E-state index is -0.0616. The van der Waals surface area contributed by atoms with Gasteiger partial charge in [-0.15, -0.1) is 0 Å². The van der Waals surface area contributed by atoms with Crippen molar-refractivity contribution in [1.29, 1.82) is 0 Å². The fraction of sp³-hybridized carbons (Fsp3) is 0.231. The average molecular weight is 322 g/mol. The van der Waals surface area contributed by atoms with Crippen LogP contribution in [0.1, 0.15) is 16.0 Å². The van der Waals surface area contributed by atoms with Gasteiger partial charge in [-0.25, -0.2) is 9.36 Å². The lowest BCUT2D eigenvalue weighted by Crippen LogP contribution is -2.36. The van der Waals surface area contributed by atoms with Crippen LogP contribution in [-0.2, 0) is 7.05 Å². The third-order valence-electron chi connectivity index (χ3n) is 2.75. The lowest BCUT2D eigenvalue weighted by atomic mass is 10.2. The van der Waals surface area contributed by atoms with Crippen molar-refractivity contribution in [2.24, 2.45) is 17.9 Å². The van der Waals surface area contributed by atoms with Crippen molar-refractivity contribution in [2.75, 3.05) is 0 Å². The highest BCUT2D eigenvalue weighted by Crippen LogP contribution is 2.10. The van der Waals surface area contributed by atoms with Crippen LogP contribution in [0.3, 0.4) is 0 Å². The van der Waals surface area contributed by atoms with Crippen molar-refractivity contribution < 1.29 is 4.57 Å². The van der Waals surface area contributed by atoms with Crippen molar-refractivity contribution in [1.82, 2.24) is 9.99 Å². The first-order valence-corrected chi connectivity index (χ1v) is 7.39. The zero-order valence-electron chi connectivity index (χ0n) is 12.0. The number of thiocarbonyl (C=S) groups is 1. The molecule has 2 rings (SSSR count). The van der Waals surface area contributed by atoms with E-state index in [1.807, 2.05) is 30.8 Å². The molecule has 0 aromatic carbocycles. The fourth-order valence-corrected chi connectivity index (χ4v) is 2.93. The molecule has 0 aliphatic carbocycles. The predicted octanol–water partition coefficient (Wildman–Crippen LogP) is 0.507.